The van der Waals surface area contributed by atoms with Crippen molar-refractivity contribution in [3.05, 3.63) is 72.4 Å². The molecule has 0 unspecified atom stereocenters. The van der Waals surface area contributed by atoms with E-state index in [9.17, 15) is 9.18 Å². The number of pyridine rings is 1. The molecule has 2 aromatic heterocycles. The van der Waals surface area contributed by atoms with Crippen molar-refractivity contribution in [2.45, 2.75) is 0 Å². The van der Waals surface area contributed by atoms with Gasteiger partial charge in [0, 0.05) is 24.2 Å². The lowest BCUT2D eigenvalue weighted by molar-refractivity contribution is 0.102. The number of carbonyl (C=O) groups is 1. The van der Waals surface area contributed by atoms with Gasteiger partial charge in [0.05, 0.1) is 5.69 Å². The van der Waals surface area contributed by atoms with Crippen molar-refractivity contribution >= 4 is 11.6 Å². The molecule has 0 fully saturated rings. The van der Waals surface area contributed by atoms with E-state index < -0.39 is 0 Å². The fourth-order valence-electron chi connectivity index (χ4n) is 1.87. The zero-order chi connectivity index (χ0) is 14.7. The van der Waals surface area contributed by atoms with Crippen LogP contribution in [0.25, 0.3) is 5.82 Å². The Bertz CT molecular complexity index is 754. The molecule has 104 valence electrons. The maximum absolute atomic E-state index is 12.9. The van der Waals surface area contributed by atoms with Crippen LogP contribution in [-0.4, -0.2) is 20.7 Å². The summed E-state index contributed by atoms with van der Waals surface area (Å²) in [5.41, 5.74) is 0.891. The zero-order valence-electron chi connectivity index (χ0n) is 10.9. The number of halogens is 1. The van der Waals surface area contributed by atoms with E-state index in [0.717, 1.165) is 0 Å². The molecule has 0 radical (unpaired) electrons. The van der Waals surface area contributed by atoms with Gasteiger partial charge in [-0.25, -0.2) is 14.1 Å². The number of hydrogen-bond donors (Lipinski definition) is 1. The highest BCUT2D eigenvalue weighted by Crippen LogP contribution is 2.17. The third-order valence-corrected chi connectivity index (χ3v) is 2.86. The van der Waals surface area contributed by atoms with Gasteiger partial charge >= 0.3 is 0 Å². The SMILES string of the molecule is O=C(Nc1cccnc1-n1cccn1)c1ccc(F)cc1. The molecule has 0 aliphatic carbocycles. The van der Waals surface area contributed by atoms with Crippen molar-refractivity contribution in [2.75, 3.05) is 5.32 Å². The van der Waals surface area contributed by atoms with Crippen LogP contribution in [0.1, 0.15) is 10.4 Å². The summed E-state index contributed by atoms with van der Waals surface area (Å²) in [6, 6.07) is 10.5. The number of nitrogens with one attached hydrogen (secondary N) is 1. The summed E-state index contributed by atoms with van der Waals surface area (Å²) in [5, 5.41) is 6.84. The molecular weight excluding hydrogens is 271 g/mol. The molecule has 6 heteroatoms. The second-order valence-corrected chi connectivity index (χ2v) is 4.29. The van der Waals surface area contributed by atoms with Gasteiger partial charge in [0.15, 0.2) is 5.82 Å². The third kappa shape index (κ3) is 2.79. The Morgan fingerprint density at radius 2 is 1.90 bits per heavy atom. The average Bonchev–Trinajstić information content (AvgIpc) is 3.02. The maximum atomic E-state index is 12.9. The molecule has 1 aromatic carbocycles. The van der Waals surface area contributed by atoms with Crippen molar-refractivity contribution in [3.8, 4) is 5.82 Å². The lowest BCUT2D eigenvalue weighted by Crippen LogP contribution is -2.14. The first kappa shape index (κ1) is 13.0. The number of aromatic nitrogens is 3. The molecule has 0 spiro atoms. The number of hydrogen-bond acceptors (Lipinski definition) is 3. The van der Waals surface area contributed by atoms with Crippen molar-refractivity contribution in [1.29, 1.82) is 0 Å². The molecular formula is C15H11FN4O. The lowest BCUT2D eigenvalue weighted by atomic mass is 10.2. The van der Waals surface area contributed by atoms with E-state index in [1.165, 1.54) is 24.3 Å². The van der Waals surface area contributed by atoms with Gasteiger partial charge in [-0.05, 0) is 42.5 Å². The average molecular weight is 282 g/mol. The summed E-state index contributed by atoms with van der Waals surface area (Å²) in [7, 11) is 0. The van der Waals surface area contributed by atoms with E-state index in [1.54, 1.807) is 41.5 Å². The summed E-state index contributed by atoms with van der Waals surface area (Å²) in [4.78, 5) is 16.4. The Morgan fingerprint density at radius 1 is 1.10 bits per heavy atom. The predicted molar refractivity (Wildman–Crippen MR) is 75.7 cm³/mol. The number of benzene rings is 1. The van der Waals surface area contributed by atoms with Crippen LogP contribution in [0.3, 0.4) is 0 Å². The molecule has 3 aromatic rings. The third-order valence-electron chi connectivity index (χ3n) is 2.86. The van der Waals surface area contributed by atoms with E-state index in [-0.39, 0.29) is 11.7 Å². The summed E-state index contributed by atoms with van der Waals surface area (Å²) in [6.45, 7) is 0. The second kappa shape index (κ2) is 5.54. The lowest BCUT2D eigenvalue weighted by Gasteiger charge is -2.09. The molecule has 1 N–H and O–H groups in total. The number of anilines is 1. The summed E-state index contributed by atoms with van der Waals surface area (Å²) < 4.78 is 14.4. The van der Waals surface area contributed by atoms with Crippen LogP contribution >= 0.6 is 0 Å². The summed E-state index contributed by atoms with van der Waals surface area (Å²) in [6.07, 6.45) is 4.97. The Labute approximate surface area is 120 Å². The van der Waals surface area contributed by atoms with Gasteiger partial charge in [0.2, 0.25) is 0 Å². The van der Waals surface area contributed by atoms with Crippen LogP contribution in [-0.2, 0) is 0 Å². The maximum Gasteiger partial charge on any atom is 0.255 e. The molecule has 3 rings (SSSR count). The topological polar surface area (TPSA) is 59.8 Å². The Balaban J connectivity index is 1.88. The molecule has 5 nitrogen and oxygen atoms in total. The van der Waals surface area contributed by atoms with E-state index in [1.807, 2.05) is 0 Å². The van der Waals surface area contributed by atoms with E-state index in [4.69, 9.17) is 0 Å². The minimum absolute atomic E-state index is 0.337. The number of amides is 1. The molecule has 0 atom stereocenters. The smallest absolute Gasteiger partial charge is 0.255 e. The largest absolute Gasteiger partial charge is 0.319 e. The first-order valence-corrected chi connectivity index (χ1v) is 6.26. The van der Waals surface area contributed by atoms with E-state index >= 15 is 0 Å². The van der Waals surface area contributed by atoms with Crippen LogP contribution in [0, 0.1) is 5.82 Å². The molecule has 21 heavy (non-hydrogen) atoms. The number of nitrogens with zero attached hydrogens (tertiary/aromatic N) is 3. The standard InChI is InChI=1S/C15H11FN4O/c16-12-6-4-11(5-7-12)15(21)19-13-3-1-8-17-14(13)20-10-2-9-18-20/h1-10H,(H,19,21). The first-order valence-electron chi connectivity index (χ1n) is 6.26. The van der Waals surface area contributed by atoms with Gasteiger partial charge in [-0.3, -0.25) is 4.79 Å². The normalized spacial score (nSPS) is 10.3. The van der Waals surface area contributed by atoms with Gasteiger partial charge < -0.3 is 5.32 Å². The molecule has 0 bridgehead atoms. The van der Waals surface area contributed by atoms with Crippen LogP contribution in [0.4, 0.5) is 10.1 Å². The predicted octanol–water partition coefficient (Wildman–Crippen LogP) is 2.66. The fourth-order valence-corrected chi connectivity index (χ4v) is 1.87. The summed E-state index contributed by atoms with van der Waals surface area (Å²) >= 11 is 0. The van der Waals surface area contributed by atoms with Crippen LogP contribution in [0.15, 0.2) is 61.1 Å². The highest BCUT2D eigenvalue weighted by Gasteiger charge is 2.11. The van der Waals surface area contributed by atoms with Crippen molar-refractivity contribution in [3.63, 3.8) is 0 Å². The second-order valence-electron chi connectivity index (χ2n) is 4.29. The fraction of sp³-hybridized carbons (Fsp3) is 0. The number of carbonyl (C=O) groups excluding carboxylic acids is 1. The molecule has 0 aliphatic rings. The van der Waals surface area contributed by atoms with Crippen molar-refractivity contribution in [2.24, 2.45) is 0 Å². The van der Waals surface area contributed by atoms with Crippen molar-refractivity contribution in [1.82, 2.24) is 14.8 Å². The Kier molecular flexibility index (Phi) is 3.42. The summed E-state index contributed by atoms with van der Waals surface area (Å²) in [5.74, 6) is -0.209. The van der Waals surface area contributed by atoms with Gasteiger partial charge in [0.25, 0.3) is 5.91 Å². The monoisotopic (exact) mass is 282 g/mol. The Hall–Kier alpha value is -3.02. The van der Waals surface area contributed by atoms with Crippen LogP contribution in [0.5, 0.6) is 0 Å². The van der Waals surface area contributed by atoms with Crippen molar-refractivity contribution < 1.29 is 9.18 Å². The van der Waals surface area contributed by atoms with Gasteiger partial charge in [-0.2, -0.15) is 5.10 Å². The van der Waals surface area contributed by atoms with Crippen LogP contribution < -0.4 is 5.32 Å². The zero-order valence-corrected chi connectivity index (χ0v) is 10.9. The molecule has 0 aliphatic heterocycles. The molecule has 0 saturated carbocycles. The molecule has 1 amide bonds. The minimum Gasteiger partial charge on any atom is -0.319 e. The van der Waals surface area contributed by atoms with E-state index in [0.29, 0.717) is 17.1 Å². The highest BCUT2D eigenvalue weighted by atomic mass is 19.1. The number of rotatable bonds is 3. The first-order chi connectivity index (χ1) is 10.2. The quantitative estimate of drug-likeness (QED) is 0.803. The molecule has 0 saturated heterocycles. The van der Waals surface area contributed by atoms with Gasteiger partial charge in [-0.15, -0.1) is 0 Å². The minimum atomic E-state index is -0.384. The van der Waals surface area contributed by atoms with Gasteiger partial charge in [-0.1, -0.05) is 0 Å². The Morgan fingerprint density at radius 3 is 2.62 bits per heavy atom. The van der Waals surface area contributed by atoms with Gasteiger partial charge in [0.1, 0.15) is 5.82 Å². The molecule has 2 heterocycles. The highest BCUT2D eigenvalue weighted by molar-refractivity contribution is 6.05. The van der Waals surface area contributed by atoms with Crippen LogP contribution in [0.2, 0.25) is 0 Å². The van der Waals surface area contributed by atoms with E-state index in [2.05, 4.69) is 15.4 Å².